The number of hydrogen-bond acceptors (Lipinski definition) is 6. The summed E-state index contributed by atoms with van der Waals surface area (Å²) in [6.45, 7) is -1.02. The highest BCUT2D eigenvalue weighted by molar-refractivity contribution is 4.76. The van der Waals surface area contributed by atoms with Crippen molar-refractivity contribution in [2.75, 3.05) is 19.8 Å². The van der Waals surface area contributed by atoms with Crippen molar-refractivity contribution in [3.8, 4) is 0 Å². The van der Waals surface area contributed by atoms with Gasteiger partial charge in [0.05, 0.1) is 6.61 Å². The second-order valence-corrected chi connectivity index (χ2v) is 2.57. The average Bonchev–Trinajstić information content (AvgIpc) is 2.05. The number of aliphatic hydroxyl groups is 4. The van der Waals surface area contributed by atoms with Gasteiger partial charge in [-0.15, -0.1) is 0 Å². The zero-order valence-electron chi connectivity index (χ0n) is 6.77. The normalized spacial score (nSPS) is 18.8. The van der Waals surface area contributed by atoms with Gasteiger partial charge in [0.15, 0.2) is 5.72 Å². The first-order valence-electron chi connectivity index (χ1n) is 3.68. The lowest BCUT2D eigenvalue weighted by atomic mass is 10.2. The lowest BCUT2D eigenvalue weighted by Crippen LogP contribution is -2.57. The fourth-order valence-electron chi connectivity index (χ4n) is 0.674. The Balaban J connectivity index is 3.84. The number of nitrogens with two attached hydrogens (primary N) is 1. The lowest BCUT2D eigenvalue weighted by molar-refractivity contribution is -0.0771. The van der Waals surface area contributed by atoms with Crippen LogP contribution in [0.25, 0.3) is 0 Å². The van der Waals surface area contributed by atoms with Gasteiger partial charge < -0.3 is 26.2 Å². The van der Waals surface area contributed by atoms with Crippen molar-refractivity contribution < 1.29 is 20.4 Å². The van der Waals surface area contributed by atoms with Gasteiger partial charge in [-0.05, 0) is 0 Å². The predicted molar refractivity (Wildman–Crippen MR) is 41.9 cm³/mol. The fraction of sp³-hybridized carbons (Fsp3) is 1.00. The first-order valence-corrected chi connectivity index (χ1v) is 3.68. The summed E-state index contributed by atoms with van der Waals surface area (Å²) in [4.78, 5) is 0. The minimum absolute atomic E-state index is 0.0717. The first-order chi connectivity index (χ1) is 5.58. The monoisotopic (exact) mass is 180 g/mol. The Kier molecular flexibility index (Phi) is 5.31. The molecular weight excluding hydrogens is 164 g/mol. The Morgan fingerprint density at radius 3 is 2.33 bits per heavy atom. The van der Waals surface area contributed by atoms with Crippen LogP contribution < -0.4 is 11.1 Å². The molecule has 0 radical (unpaired) electrons. The Morgan fingerprint density at radius 2 is 2.00 bits per heavy atom. The van der Waals surface area contributed by atoms with E-state index in [4.69, 9.17) is 21.1 Å². The van der Waals surface area contributed by atoms with Gasteiger partial charge >= 0.3 is 0 Å². The van der Waals surface area contributed by atoms with Crippen molar-refractivity contribution in [3.63, 3.8) is 0 Å². The van der Waals surface area contributed by atoms with Crippen LogP contribution in [0.4, 0.5) is 0 Å². The molecule has 0 saturated heterocycles. The van der Waals surface area contributed by atoms with Gasteiger partial charge in [0.2, 0.25) is 0 Å². The molecule has 0 rings (SSSR count). The van der Waals surface area contributed by atoms with Crippen LogP contribution in [0.1, 0.15) is 6.42 Å². The van der Waals surface area contributed by atoms with Crippen LogP contribution >= 0.6 is 0 Å². The van der Waals surface area contributed by atoms with Crippen molar-refractivity contribution in [1.82, 2.24) is 5.32 Å². The zero-order chi connectivity index (χ0) is 9.61. The van der Waals surface area contributed by atoms with Gasteiger partial charge in [-0.3, -0.25) is 5.32 Å². The molecule has 0 heterocycles. The van der Waals surface area contributed by atoms with Crippen LogP contribution in [0.5, 0.6) is 0 Å². The number of aliphatic hydroxyl groups excluding tert-OH is 3. The van der Waals surface area contributed by atoms with Crippen LogP contribution in [-0.2, 0) is 0 Å². The predicted octanol–water partition coefficient (Wildman–Crippen LogP) is -3.08. The summed E-state index contributed by atoms with van der Waals surface area (Å²) in [5, 5.41) is 37.7. The number of hydrogen-bond donors (Lipinski definition) is 6. The van der Waals surface area contributed by atoms with Crippen molar-refractivity contribution in [1.29, 1.82) is 0 Å². The van der Waals surface area contributed by atoms with E-state index >= 15 is 0 Å². The summed E-state index contributed by atoms with van der Waals surface area (Å²) in [6, 6.07) is 0. The molecule has 6 nitrogen and oxygen atoms in total. The molecule has 0 saturated carbocycles. The minimum Gasteiger partial charge on any atom is -0.396 e. The van der Waals surface area contributed by atoms with E-state index in [1.807, 2.05) is 0 Å². The summed E-state index contributed by atoms with van der Waals surface area (Å²) >= 11 is 0. The third kappa shape index (κ3) is 3.96. The number of nitrogens with one attached hydrogen (secondary N) is 1. The average molecular weight is 180 g/mol. The Hall–Kier alpha value is -0.240. The number of rotatable bonds is 6. The SMILES string of the molecule is NCC(O)(CO)NC(O)CCO. The highest BCUT2D eigenvalue weighted by atomic mass is 16.4. The molecule has 0 aromatic rings. The third-order valence-electron chi connectivity index (χ3n) is 1.44. The molecule has 0 fully saturated rings. The molecule has 0 aromatic carbocycles. The van der Waals surface area contributed by atoms with Crippen molar-refractivity contribution >= 4 is 0 Å². The van der Waals surface area contributed by atoms with Crippen LogP contribution in [0.3, 0.4) is 0 Å². The lowest BCUT2D eigenvalue weighted by Gasteiger charge is -2.28. The van der Waals surface area contributed by atoms with E-state index in [9.17, 15) is 5.11 Å². The molecular formula is C6H16N2O4. The van der Waals surface area contributed by atoms with Crippen molar-refractivity contribution in [2.45, 2.75) is 18.4 Å². The Morgan fingerprint density at radius 1 is 1.42 bits per heavy atom. The van der Waals surface area contributed by atoms with E-state index in [0.29, 0.717) is 0 Å². The Bertz CT molecular complexity index is 118. The van der Waals surface area contributed by atoms with Gasteiger partial charge in [0.25, 0.3) is 0 Å². The van der Waals surface area contributed by atoms with Gasteiger partial charge in [-0.25, -0.2) is 0 Å². The van der Waals surface area contributed by atoms with E-state index in [2.05, 4.69) is 5.32 Å². The fourth-order valence-corrected chi connectivity index (χ4v) is 0.674. The van der Waals surface area contributed by atoms with E-state index < -0.39 is 18.6 Å². The molecule has 0 bridgehead atoms. The molecule has 12 heavy (non-hydrogen) atoms. The Labute approximate surface area is 70.6 Å². The van der Waals surface area contributed by atoms with Crippen LogP contribution in [0.2, 0.25) is 0 Å². The summed E-state index contributed by atoms with van der Waals surface area (Å²) in [6.07, 6.45) is -1.00. The van der Waals surface area contributed by atoms with Gasteiger partial charge in [0.1, 0.15) is 6.23 Å². The molecule has 2 unspecified atom stereocenters. The maximum absolute atomic E-state index is 9.30. The molecule has 0 spiro atoms. The maximum Gasteiger partial charge on any atom is 0.153 e. The van der Waals surface area contributed by atoms with Crippen LogP contribution in [-0.4, -0.2) is 52.1 Å². The largest absolute Gasteiger partial charge is 0.396 e. The summed E-state index contributed by atoms with van der Waals surface area (Å²) in [5.74, 6) is 0. The van der Waals surface area contributed by atoms with E-state index in [1.165, 1.54) is 0 Å². The van der Waals surface area contributed by atoms with Gasteiger partial charge in [-0.1, -0.05) is 0 Å². The molecule has 0 aliphatic heterocycles. The molecule has 0 aliphatic rings. The minimum atomic E-state index is -1.67. The highest BCUT2D eigenvalue weighted by Crippen LogP contribution is 1.98. The van der Waals surface area contributed by atoms with E-state index in [-0.39, 0.29) is 19.6 Å². The zero-order valence-corrected chi connectivity index (χ0v) is 6.77. The van der Waals surface area contributed by atoms with Gasteiger partial charge in [-0.2, -0.15) is 0 Å². The van der Waals surface area contributed by atoms with E-state index in [1.54, 1.807) is 0 Å². The topological polar surface area (TPSA) is 119 Å². The molecule has 2 atom stereocenters. The quantitative estimate of drug-likeness (QED) is 0.241. The molecule has 0 aromatic heterocycles. The van der Waals surface area contributed by atoms with E-state index in [0.717, 1.165) is 0 Å². The second-order valence-electron chi connectivity index (χ2n) is 2.57. The molecule has 74 valence electrons. The van der Waals surface area contributed by atoms with Crippen LogP contribution in [0.15, 0.2) is 0 Å². The molecule has 6 heteroatoms. The third-order valence-corrected chi connectivity index (χ3v) is 1.44. The molecule has 0 amide bonds. The maximum atomic E-state index is 9.30. The molecule has 7 N–H and O–H groups in total. The summed E-state index contributed by atoms with van der Waals surface area (Å²) in [5.41, 5.74) is 3.44. The molecule has 0 aliphatic carbocycles. The highest BCUT2D eigenvalue weighted by Gasteiger charge is 2.25. The van der Waals surface area contributed by atoms with Crippen molar-refractivity contribution in [3.05, 3.63) is 0 Å². The van der Waals surface area contributed by atoms with Crippen LogP contribution in [0, 0.1) is 0 Å². The summed E-state index contributed by atoms with van der Waals surface area (Å²) in [7, 11) is 0. The second kappa shape index (κ2) is 5.41. The smallest absolute Gasteiger partial charge is 0.153 e. The summed E-state index contributed by atoms with van der Waals surface area (Å²) < 4.78 is 0. The van der Waals surface area contributed by atoms with Crippen molar-refractivity contribution in [2.24, 2.45) is 5.73 Å². The standard InChI is InChI=1S/C6H16N2O4/c7-3-6(12,4-10)8-5(11)1-2-9/h5,8-12H,1-4,7H2. The van der Waals surface area contributed by atoms with Gasteiger partial charge in [0, 0.05) is 19.6 Å². The first kappa shape index (κ1) is 11.8.